The van der Waals surface area contributed by atoms with Crippen LogP contribution in [0.5, 0.6) is 0 Å². The Morgan fingerprint density at radius 2 is 1.86 bits per heavy atom. The molecular weight excluding hydrogens is 273 g/mol. The number of carbonyl (C=O) groups excluding carboxylic acids is 2. The van der Waals surface area contributed by atoms with E-state index in [2.05, 4.69) is 5.32 Å². The van der Waals surface area contributed by atoms with Gasteiger partial charge in [-0.25, -0.2) is 4.39 Å². The van der Waals surface area contributed by atoms with Crippen molar-refractivity contribution in [3.05, 3.63) is 59.4 Å². The quantitative estimate of drug-likeness (QED) is 0.746. The molecule has 5 nitrogen and oxygen atoms in total. The summed E-state index contributed by atoms with van der Waals surface area (Å²) in [6.07, 6.45) is 0.00928. The first-order valence-corrected chi connectivity index (χ1v) is 6.20. The van der Waals surface area contributed by atoms with E-state index in [1.165, 1.54) is 6.07 Å². The Labute approximate surface area is 120 Å². The number of carbonyl (C=O) groups is 2. The number of rotatable bonds is 4. The van der Waals surface area contributed by atoms with Gasteiger partial charge in [0.25, 0.3) is 5.91 Å². The third-order valence-corrected chi connectivity index (χ3v) is 2.89. The third-order valence-electron chi connectivity index (χ3n) is 2.89. The first kappa shape index (κ1) is 14.5. The lowest BCUT2D eigenvalue weighted by atomic mass is 10.1. The number of benzene rings is 2. The highest BCUT2D eigenvalue weighted by Gasteiger charge is 2.13. The van der Waals surface area contributed by atoms with Crippen molar-refractivity contribution < 1.29 is 14.0 Å². The van der Waals surface area contributed by atoms with E-state index in [9.17, 15) is 14.0 Å². The van der Waals surface area contributed by atoms with Crippen molar-refractivity contribution in [3.8, 4) is 0 Å². The van der Waals surface area contributed by atoms with Crippen LogP contribution in [-0.2, 0) is 11.2 Å². The van der Waals surface area contributed by atoms with Crippen LogP contribution in [0.2, 0.25) is 0 Å². The van der Waals surface area contributed by atoms with E-state index in [0.29, 0.717) is 11.3 Å². The second kappa shape index (κ2) is 6.04. The molecular formula is C15H14FN3O2. The molecule has 5 N–H and O–H groups in total. The van der Waals surface area contributed by atoms with Crippen molar-refractivity contribution >= 4 is 23.2 Å². The Balaban J connectivity index is 2.25. The molecule has 0 saturated heterocycles. The molecule has 0 aliphatic carbocycles. The van der Waals surface area contributed by atoms with Gasteiger partial charge in [-0.15, -0.1) is 0 Å². The van der Waals surface area contributed by atoms with E-state index in [1.54, 1.807) is 24.3 Å². The molecule has 0 aliphatic rings. The van der Waals surface area contributed by atoms with Crippen LogP contribution in [0, 0.1) is 5.82 Å². The smallest absolute Gasteiger partial charge is 0.257 e. The largest absolute Gasteiger partial charge is 0.398 e. The molecule has 0 aromatic heterocycles. The molecule has 0 aliphatic heterocycles. The maximum Gasteiger partial charge on any atom is 0.257 e. The van der Waals surface area contributed by atoms with Crippen molar-refractivity contribution in [2.45, 2.75) is 6.42 Å². The predicted octanol–water partition coefficient (Wildman–Crippen LogP) is 1.69. The molecule has 0 unspecified atom stereocenters. The van der Waals surface area contributed by atoms with Crippen LogP contribution in [0.3, 0.4) is 0 Å². The average molecular weight is 287 g/mol. The summed E-state index contributed by atoms with van der Waals surface area (Å²) < 4.78 is 13.0. The van der Waals surface area contributed by atoms with Crippen LogP contribution in [0.25, 0.3) is 0 Å². The molecule has 2 aromatic carbocycles. The van der Waals surface area contributed by atoms with Crippen molar-refractivity contribution in [2.24, 2.45) is 5.73 Å². The number of anilines is 2. The van der Waals surface area contributed by atoms with Gasteiger partial charge in [-0.05, 0) is 29.8 Å². The highest BCUT2D eigenvalue weighted by Crippen LogP contribution is 2.19. The topological polar surface area (TPSA) is 98.2 Å². The Hall–Kier alpha value is -2.89. The molecule has 0 spiro atoms. The maximum atomic E-state index is 13.0. The number of nitrogens with two attached hydrogens (primary N) is 2. The van der Waals surface area contributed by atoms with Gasteiger partial charge in [0.2, 0.25) is 5.91 Å². The number of para-hydroxylation sites is 1. The number of nitrogen functional groups attached to an aromatic ring is 1. The minimum Gasteiger partial charge on any atom is -0.398 e. The van der Waals surface area contributed by atoms with E-state index >= 15 is 0 Å². The molecule has 0 bridgehead atoms. The molecule has 108 valence electrons. The number of primary amides is 1. The van der Waals surface area contributed by atoms with Gasteiger partial charge in [0, 0.05) is 11.4 Å². The summed E-state index contributed by atoms with van der Waals surface area (Å²) in [5, 5.41) is 2.64. The highest BCUT2D eigenvalue weighted by atomic mass is 19.1. The average Bonchev–Trinajstić information content (AvgIpc) is 2.40. The highest BCUT2D eigenvalue weighted by molar-refractivity contribution is 6.08. The summed E-state index contributed by atoms with van der Waals surface area (Å²) in [7, 11) is 0. The fourth-order valence-electron chi connectivity index (χ4n) is 1.91. The second-order valence-corrected chi connectivity index (χ2v) is 4.49. The molecule has 2 aromatic rings. The summed E-state index contributed by atoms with van der Waals surface area (Å²) in [6.45, 7) is 0. The summed E-state index contributed by atoms with van der Waals surface area (Å²) in [4.78, 5) is 23.2. The Morgan fingerprint density at radius 3 is 2.52 bits per heavy atom. The fourth-order valence-corrected chi connectivity index (χ4v) is 1.91. The Bertz CT molecular complexity index is 701. The standard InChI is InChI=1S/C15H14FN3O2/c16-10-5-6-11(12(17)8-10)15(21)19-13-4-2-1-3-9(13)7-14(18)20/h1-6,8H,7,17H2,(H2,18,20)(H,19,21). The van der Waals surface area contributed by atoms with E-state index in [4.69, 9.17) is 11.5 Å². The first-order valence-electron chi connectivity index (χ1n) is 6.20. The lowest BCUT2D eigenvalue weighted by molar-refractivity contribution is -0.117. The van der Waals surface area contributed by atoms with Gasteiger partial charge >= 0.3 is 0 Å². The van der Waals surface area contributed by atoms with Crippen molar-refractivity contribution in [2.75, 3.05) is 11.1 Å². The number of hydrogen-bond donors (Lipinski definition) is 3. The lowest BCUT2D eigenvalue weighted by Crippen LogP contribution is -2.18. The van der Waals surface area contributed by atoms with E-state index in [1.807, 2.05) is 0 Å². The van der Waals surface area contributed by atoms with Gasteiger partial charge in [0.05, 0.1) is 12.0 Å². The van der Waals surface area contributed by atoms with E-state index in [-0.39, 0.29) is 17.7 Å². The number of hydrogen-bond acceptors (Lipinski definition) is 3. The van der Waals surface area contributed by atoms with Gasteiger partial charge in [0.15, 0.2) is 0 Å². The number of amides is 2. The minimum atomic E-state index is -0.516. The normalized spacial score (nSPS) is 10.1. The zero-order valence-corrected chi connectivity index (χ0v) is 11.1. The van der Waals surface area contributed by atoms with Crippen LogP contribution >= 0.6 is 0 Å². The molecule has 6 heteroatoms. The number of nitrogens with one attached hydrogen (secondary N) is 1. The molecule has 0 atom stereocenters. The second-order valence-electron chi connectivity index (χ2n) is 4.49. The third kappa shape index (κ3) is 3.56. The zero-order chi connectivity index (χ0) is 15.4. The molecule has 21 heavy (non-hydrogen) atoms. The van der Waals surface area contributed by atoms with E-state index in [0.717, 1.165) is 12.1 Å². The van der Waals surface area contributed by atoms with Crippen molar-refractivity contribution in [3.63, 3.8) is 0 Å². The van der Waals surface area contributed by atoms with Gasteiger partial charge < -0.3 is 16.8 Å². The summed E-state index contributed by atoms with van der Waals surface area (Å²) in [5.74, 6) is -1.50. The van der Waals surface area contributed by atoms with Crippen LogP contribution in [0.15, 0.2) is 42.5 Å². The molecule has 0 fully saturated rings. The predicted molar refractivity (Wildman–Crippen MR) is 78.1 cm³/mol. The SMILES string of the molecule is NC(=O)Cc1ccccc1NC(=O)c1ccc(F)cc1N. The van der Waals surface area contributed by atoms with Gasteiger partial charge in [-0.2, -0.15) is 0 Å². The summed E-state index contributed by atoms with van der Waals surface area (Å²) in [6, 6.07) is 10.3. The van der Waals surface area contributed by atoms with Crippen LogP contribution in [0.4, 0.5) is 15.8 Å². The molecule has 2 rings (SSSR count). The summed E-state index contributed by atoms with van der Waals surface area (Å²) >= 11 is 0. The van der Waals surface area contributed by atoms with Gasteiger partial charge in [-0.3, -0.25) is 9.59 Å². The molecule has 0 radical (unpaired) electrons. The van der Waals surface area contributed by atoms with Crippen molar-refractivity contribution in [1.82, 2.24) is 0 Å². The minimum absolute atomic E-state index is 0.00928. The summed E-state index contributed by atoms with van der Waals surface area (Å²) in [5.41, 5.74) is 12.0. The zero-order valence-electron chi connectivity index (χ0n) is 11.1. The van der Waals surface area contributed by atoms with Crippen LogP contribution < -0.4 is 16.8 Å². The molecule has 2 amide bonds. The van der Waals surface area contributed by atoms with Gasteiger partial charge in [-0.1, -0.05) is 18.2 Å². The van der Waals surface area contributed by atoms with Crippen LogP contribution in [-0.4, -0.2) is 11.8 Å². The Kier molecular flexibility index (Phi) is 4.18. The number of halogens is 1. The molecule has 0 heterocycles. The lowest BCUT2D eigenvalue weighted by Gasteiger charge is -2.11. The molecule has 0 saturated carbocycles. The Morgan fingerprint density at radius 1 is 1.14 bits per heavy atom. The van der Waals surface area contributed by atoms with E-state index < -0.39 is 17.6 Å². The maximum absolute atomic E-state index is 13.0. The first-order chi connectivity index (χ1) is 9.97. The van der Waals surface area contributed by atoms with Crippen molar-refractivity contribution in [1.29, 1.82) is 0 Å². The van der Waals surface area contributed by atoms with Crippen LogP contribution in [0.1, 0.15) is 15.9 Å². The fraction of sp³-hybridized carbons (Fsp3) is 0.0667. The monoisotopic (exact) mass is 287 g/mol. The van der Waals surface area contributed by atoms with Gasteiger partial charge in [0.1, 0.15) is 5.82 Å².